The molecule has 1 heterocycles. The Balaban J connectivity index is 2.52. The maximum Gasteiger partial charge on any atom is 0.160 e. The van der Waals surface area contributed by atoms with Crippen LogP contribution < -0.4 is 5.32 Å². The van der Waals surface area contributed by atoms with E-state index >= 15 is 0 Å². The van der Waals surface area contributed by atoms with Gasteiger partial charge < -0.3 is 5.32 Å². The molecule has 0 radical (unpaired) electrons. The number of hydrogen-bond acceptors (Lipinski definition) is 2. The Morgan fingerprint density at radius 1 is 1.17 bits per heavy atom. The van der Waals surface area contributed by atoms with Gasteiger partial charge in [0.25, 0.3) is 0 Å². The van der Waals surface area contributed by atoms with Gasteiger partial charge in [0.2, 0.25) is 0 Å². The third-order valence-corrected chi connectivity index (χ3v) is 4.15. The number of hydrogen-bond donors (Lipinski definition) is 1. The molecular formula is C14H17F2NS. The topological polar surface area (TPSA) is 12.0 Å². The molecule has 0 saturated heterocycles. The van der Waals surface area contributed by atoms with Crippen molar-refractivity contribution < 1.29 is 8.78 Å². The number of thiophene rings is 1. The molecule has 1 aromatic carbocycles. The van der Waals surface area contributed by atoms with Gasteiger partial charge in [0.05, 0.1) is 0 Å². The molecular weight excluding hydrogens is 252 g/mol. The maximum absolute atomic E-state index is 13.3. The van der Waals surface area contributed by atoms with E-state index in [2.05, 4.69) is 12.2 Å². The number of benzene rings is 1. The summed E-state index contributed by atoms with van der Waals surface area (Å²) in [5, 5.41) is 4.15. The largest absolute Gasteiger partial charge is 0.312 e. The molecule has 0 atom stereocenters. The van der Waals surface area contributed by atoms with Crippen LogP contribution in [0, 0.1) is 11.6 Å². The predicted octanol–water partition coefficient (Wildman–Crippen LogP) is 4.24. The quantitative estimate of drug-likeness (QED) is 0.856. The Morgan fingerprint density at radius 2 is 1.89 bits per heavy atom. The lowest BCUT2D eigenvalue weighted by molar-refractivity contribution is 0.511. The van der Waals surface area contributed by atoms with Crippen LogP contribution in [0.4, 0.5) is 8.78 Å². The van der Waals surface area contributed by atoms with Crippen molar-refractivity contribution in [3.8, 4) is 0 Å². The van der Waals surface area contributed by atoms with E-state index in [1.165, 1.54) is 17.0 Å². The molecule has 0 aliphatic rings. The third kappa shape index (κ3) is 2.54. The lowest BCUT2D eigenvalue weighted by atomic mass is 10.1. The first-order chi connectivity index (χ1) is 8.67. The zero-order valence-corrected chi connectivity index (χ0v) is 11.5. The van der Waals surface area contributed by atoms with E-state index in [0.29, 0.717) is 0 Å². The van der Waals surface area contributed by atoms with Gasteiger partial charge in [0.15, 0.2) is 11.6 Å². The zero-order chi connectivity index (χ0) is 13.1. The minimum absolute atomic E-state index is 0.757. The van der Waals surface area contributed by atoms with E-state index in [9.17, 15) is 8.78 Å². The first-order valence-corrected chi connectivity index (χ1v) is 7.09. The molecule has 1 nitrogen and oxygen atoms in total. The van der Waals surface area contributed by atoms with Crippen molar-refractivity contribution >= 4 is 21.4 Å². The van der Waals surface area contributed by atoms with Crippen molar-refractivity contribution in [1.29, 1.82) is 0 Å². The number of nitrogens with one attached hydrogen (secondary N) is 1. The van der Waals surface area contributed by atoms with Crippen molar-refractivity contribution in [2.75, 3.05) is 6.54 Å². The van der Waals surface area contributed by atoms with Crippen molar-refractivity contribution in [3.05, 3.63) is 34.2 Å². The van der Waals surface area contributed by atoms with Crippen LogP contribution in [0.5, 0.6) is 0 Å². The van der Waals surface area contributed by atoms with Gasteiger partial charge in [-0.05, 0) is 36.0 Å². The van der Waals surface area contributed by atoms with Gasteiger partial charge in [0.1, 0.15) is 0 Å². The fourth-order valence-corrected chi connectivity index (χ4v) is 3.33. The van der Waals surface area contributed by atoms with Crippen LogP contribution >= 0.6 is 11.3 Å². The molecule has 0 amide bonds. The fraction of sp³-hybridized carbons (Fsp3) is 0.429. The molecule has 98 valence electrons. The highest BCUT2D eigenvalue weighted by Crippen LogP contribution is 2.33. The molecule has 0 aliphatic heterocycles. The first-order valence-electron chi connectivity index (χ1n) is 6.27. The second-order valence-corrected chi connectivity index (χ2v) is 5.43. The summed E-state index contributed by atoms with van der Waals surface area (Å²) in [6.07, 6.45) is 1.91. The molecule has 2 aromatic rings. The lowest BCUT2D eigenvalue weighted by Gasteiger charge is -2.03. The molecule has 1 N–H and O–H groups in total. The molecule has 4 heteroatoms. The van der Waals surface area contributed by atoms with Gasteiger partial charge in [-0.2, -0.15) is 0 Å². The second-order valence-electron chi connectivity index (χ2n) is 4.30. The summed E-state index contributed by atoms with van der Waals surface area (Å²) in [7, 11) is 0. The average Bonchev–Trinajstić information content (AvgIpc) is 2.66. The molecule has 1 aromatic heterocycles. The normalized spacial score (nSPS) is 11.3. The highest BCUT2D eigenvalue weighted by molar-refractivity contribution is 7.19. The molecule has 0 unspecified atom stereocenters. The van der Waals surface area contributed by atoms with E-state index in [-0.39, 0.29) is 0 Å². The number of fused-ring (bicyclic) bond motifs is 1. The van der Waals surface area contributed by atoms with E-state index < -0.39 is 11.6 Å². The van der Waals surface area contributed by atoms with Crippen LogP contribution in [0.2, 0.25) is 0 Å². The molecule has 0 saturated carbocycles. The Morgan fingerprint density at radius 3 is 2.56 bits per heavy atom. The van der Waals surface area contributed by atoms with E-state index in [1.807, 2.05) is 6.92 Å². The zero-order valence-electron chi connectivity index (χ0n) is 10.6. The first kappa shape index (κ1) is 13.4. The van der Waals surface area contributed by atoms with Crippen LogP contribution in [0.1, 0.15) is 30.7 Å². The van der Waals surface area contributed by atoms with Crippen molar-refractivity contribution in [3.63, 3.8) is 0 Å². The standard InChI is InChI=1S/C14H17F2NS/c1-3-5-9-10-6-11(15)12(16)7-13(10)18-14(9)8-17-4-2/h6-7,17H,3-5,8H2,1-2H3. The van der Waals surface area contributed by atoms with Crippen molar-refractivity contribution in [2.24, 2.45) is 0 Å². The molecule has 0 fully saturated rings. The summed E-state index contributed by atoms with van der Waals surface area (Å²) in [5.41, 5.74) is 1.16. The summed E-state index contributed by atoms with van der Waals surface area (Å²) >= 11 is 1.56. The number of halogens is 2. The van der Waals surface area contributed by atoms with Gasteiger partial charge in [-0.25, -0.2) is 8.78 Å². The maximum atomic E-state index is 13.3. The Kier molecular flexibility index (Phi) is 4.30. The minimum Gasteiger partial charge on any atom is -0.312 e. The fourth-order valence-electron chi connectivity index (χ4n) is 2.10. The average molecular weight is 269 g/mol. The lowest BCUT2D eigenvalue weighted by Crippen LogP contribution is -2.11. The Hall–Kier alpha value is -1.00. The van der Waals surface area contributed by atoms with Crippen LogP contribution in [0.25, 0.3) is 10.1 Å². The van der Waals surface area contributed by atoms with Crippen molar-refractivity contribution in [1.82, 2.24) is 5.32 Å². The highest BCUT2D eigenvalue weighted by Gasteiger charge is 2.14. The van der Waals surface area contributed by atoms with Gasteiger partial charge in [0, 0.05) is 16.1 Å². The predicted molar refractivity (Wildman–Crippen MR) is 73.1 cm³/mol. The summed E-state index contributed by atoms with van der Waals surface area (Å²) in [6.45, 7) is 5.81. The van der Waals surface area contributed by atoms with Crippen LogP contribution in [-0.2, 0) is 13.0 Å². The van der Waals surface area contributed by atoms with Gasteiger partial charge in [-0.15, -0.1) is 11.3 Å². The summed E-state index contributed by atoms with van der Waals surface area (Å²) in [6, 6.07) is 2.64. The summed E-state index contributed by atoms with van der Waals surface area (Å²) in [5.74, 6) is -1.52. The Labute approximate surface area is 110 Å². The highest BCUT2D eigenvalue weighted by atomic mass is 32.1. The minimum atomic E-state index is -0.762. The van der Waals surface area contributed by atoms with Crippen LogP contribution in [0.15, 0.2) is 12.1 Å². The van der Waals surface area contributed by atoms with Gasteiger partial charge in [-0.1, -0.05) is 20.3 Å². The Bertz CT molecular complexity index is 548. The summed E-state index contributed by atoms with van der Waals surface area (Å²) in [4.78, 5) is 1.19. The van der Waals surface area contributed by atoms with Gasteiger partial charge in [-0.3, -0.25) is 0 Å². The third-order valence-electron chi connectivity index (χ3n) is 2.95. The molecule has 0 aliphatic carbocycles. The molecule has 2 rings (SSSR count). The van der Waals surface area contributed by atoms with E-state index in [0.717, 1.165) is 41.6 Å². The number of aryl methyl sites for hydroxylation is 1. The monoisotopic (exact) mass is 269 g/mol. The number of rotatable bonds is 5. The van der Waals surface area contributed by atoms with Crippen molar-refractivity contribution in [2.45, 2.75) is 33.2 Å². The molecule has 0 spiro atoms. The van der Waals surface area contributed by atoms with Crippen LogP contribution in [0.3, 0.4) is 0 Å². The SMILES string of the molecule is CCCc1c(CNCC)sc2cc(F)c(F)cc12. The van der Waals surface area contributed by atoms with E-state index in [4.69, 9.17) is 0 Å². The van der Waals surface area contributed by atoms with Gasteiger partial charge >= 0.3 is 0 Å². The second kappa shape index (κ2) is 5.76. The smallest absolute Gasteiger partial charge is 0.160 e. The molecule has 18 heavy (non-hydrogen) atoms. The molecule has 0 bridgehead atoms. The van der Waals surface area contributed by atoms with Crippen LogP contribution in [-0.4, -0.2) is 6.54 Å². The van der Waals surface area contributed by atoms with E-state index in [1.54, 1.807) is 11.3 Å². The summed E-state index contributed by atoms with van der Waals surface area (Å²) < 4.78 is 27.4.